The third kappa shape index (κ3) is 6.31. The van der Waals surface area contributed by atoms with Gasteiger partial charge in [-0.2, -0.15) is 13.2 Å². The van der Waals surface area contributed by atoms with Gasteiger partial charge >= 0.3 is 6.18 Å². The number of thiazole rings is 1. The van der Waals surface area contributed by atoms with E-state index in [9.17, 15) is 13.2 Å². The van der Waals surface area contributed by atoms with E-state index in [0.717, 1.165) is 55.7 Å². The van der Waals surface area contributed by atoms with E-state index >= 15 is 0 Å². The van der Waals surface area contributed by atoms with Crippen molar-refractivity contribution in [3.8, 4) is 0 Å². The van der Waals surface area contributed by atoms with Crippen molar-refractivity contribution in [2.24, 2.45) is 10.9 Å². The Kier molecular flexibility index (Phi) is 7.98. The van der Waals surface area contributed by atoms with Crippen molar-refractivity contribution in [1.29, 1.82) is 0 Å². The summed E-state index contributed by atoms with van der Waals surface area (Å²) in [7, 11) is 1.74. The van der Waals surface area contributed by atoms with Crippen LogP contribution in [-0.2, 0) is 6.54 Å². The molecule has 1 atom stereocenters. The Labute approximate surface area is 181 Å². The van der Waals surface area contributed by atoms with Crippen LogP contribution in [0.5, 0.6) is 0 Å². The highest BCUT2D eigenvalue weighted by molar-refractivity contribution is 7.09. The highest BCUT2D eigenvalue weighted by Gasteiger charge is 2.41. The number of halogens is 3. The number of nitrogens with one attached hydrogen (secondary N) is 1. The summed E-state index contributed by atoms with van der Waals surface area (Å²) >= 11 is 1.70. The summed E-state index contributed by atoms with van der Waals surface area (Å²) in [5, 5.41) is 6.71. The number of aryl methyl sites for hydroxylation is 1. The van der Waals surface area contributed by atoms with Crippen molar-refractivity contribution in [2.45, 2.75) is 45.5 Å². The standard InChI is InChI=1S/C20H33F3N6S/c1-15(20(21,22)23)28-8-10-29(11-9-28)19(24-3)25-12-17-4-6-27(7-5-17)13-18-14-30-16(2)26-18/h14-15,17H,4-13H2,1-3H3,(H,24,25). The number of rotatable bonds is 5. The monoisotopic (exact) mass is 446 g/mol. The lowest BCUT2D eigenvalue weighted by atomic mass is 9.97. The van der Waals surface area contributed by atoms with Gasteiger partial charge in [0, 0.05) is 51.7 Å². The zero-order valence-electron chi connectivity index (χ0n) is 18.1. The fraction of sp³-hybridized carbons (Fsp3) is 0.800. The Bertz CT molecular complexity index is 691. The van der Waals surface area contributed by atoms with Crippen molar-refractivity contribution in [3.05, 3.63) is 16.1 Å². The molecule has 2 aliphatic heterocycles. The van der Waals surface area contributed by atoms with Crippen molar-refractivity contribution < 1.29 is 13.2 Å². The molecule has 3 rings (SSSR count). The first-order chi connectivity index (χ1) is 14.3. The second-order valence-electron chi connectivity index (χ2n) is 8.25. The van der Waals surface area contributed by atoms with Gasteiger partial charge in [-0.05, 0) is 45.7 Å². The molecular weight excluding hydrogens is 413 g/mol. The highest BCUT2D eigenvalue weighted by atomic mass is 32.1. The van der Waals surface area contributed by atoms with Crippen molar-refractivity contribution >= 4 is 17.3 Å². The average molecular weight is 447 g/mol. The first-order valence-electron chi connectivity index (χ1n) is 10.7. The van der Waals surface area contributed by atoms with E-state index in [1.165, 1.54) is 11.8 Å². The summed E-state index contributed by atoms with van der Waals surface area (Å²) in [6, 6.07) is -1.40. The summed E-state index contributed by atoms with van der Waals surface area (Å²) in [4.78, 5) is 14.9. The summed E-state index contributed by atoms with van der Waals surface area (Å²) in [5.41, 5.74) is 1.16. The number of aromatic nitrogens is 1. The summed E-state index contributed by atoms with van der Waals surface area (Å²) in [6.45, 7) is 9.11. The minimum Gasteiger partial charge on any atom is -0.356 e. The predicted molar refractivity (Wildman–Crippen MR) is 115 cm³/mol. The van der Waals surface area contributed by atoms with Gasteiger partial charge in [0.2, 0.25) is 0 Å². The Balaban J connectivity index is 1.38. The quantitative estimate of drug-likeness (QED) is 0.557. The van der Waals surface area contributed by atoms with Crippen LogP contribution in [0.2, 0.25) is 0 Å². The number of hydrogen-bond donors (Lipinski definition) is 1. The maximum absolute atomic E-state index is 12.9. The molecule has 0 aromatic carbocycles. The Morgan fingerprint density at radius 1 is 1.23 bits per heavy atom. The van der Waals surface area contributed by atoms with E-state index in [0.29, 0.717) is 32.1 Å². The number of likely N-dealkylation sites (tertiary alicyclic amines) is 1. The SMILES string of the molecule is CN=C(NCC1CCN(Cc2csc(C)n2)CC1)N1CCN(C(C)C(F)(F)F)CC1. The van der Waals surface area contributed by atoms with Gasteiger partial charge < -0.3 is 10.2 Å². The zero-order chi connectivity index (χ0) is 21.7. The molecule has 30 heavy (non-hydrogen) atoms. The molecule has 170 valence electrons. The van der Waals surface area contributed by atoms with E-state index in [2.05, 4.69) is 30.5 Å². The van der Waals surface area contributed by atoms with E-state index in [-0.39, 0.29) is 0 Å². The third-order valence-electron chi connectivity index (χ3n) is 6.16. The van der Waals surface area contributed by atoms with Gasteiger partial charge in [0.25, 0.3) is 0 Å². The van der Waals surface area contributed by atoms with Crippen molar-refractivity contribution in [2.75, 3.05) is 52.9 Å². The van der Waals surface area contributed by atoms with Gasteiger partial charge in [0.1, 0.15) is 6.04 Å². The van der Waals surface area contributed by atoms with Gasteiger partial charge in [-0.25, -0.2) is 4.98 Å². The number of alkyl halides is 3. The number of nitrogens with zero attached hydrogens (tertiary/aromatic N) is 5. The van der Waals surface area contributed by atoms with Crippen LogP contribution in [0.25, 0.3) is 0 Å². The average Bonchev–Trinajstić information content (AvgIpc) is 3.13. The Morgan fingerprint density at radius 2 is 1.90 bits per heavy atom. The van der Waals surface area contributed by atoms with Crippen LogP contribution >= 0.6 is 11.3 Å². The van der Waals surface area contributed by atoms with Crippen LogP contribution in [0.15, 0.2) is 10.4 Å². The summed E-state index contributed by atoms with van der Waals surface area (Å²) in [6.07, 6.45) is -1.91. The molecule has 2 saturated heterocycles. The van der Waals surface area contributed by atoms with Crippen molar-refractivity contribution in [1.82, 2.24) is 25.0 Å². The molecule has 0 saturated carbocycles. The Hall–Kier alpha value is -1.39. The normalized spacial score (nSPS) is 21.8. The second kappa shape index (κ2) is 10.3. The van der Waals surface area contributed by atoms with Gasteiger partial charge in [0.15, 0.2) is 5.96 Å². The van der Waals surface area contributed by atoms with E-state index in [4.69, 9.17) is 0 Å². The molecule has 0 spiro atoms. The van der Waals surface area contributed by atoms with Gasteiger partial charge in [0.05, 0.1) is 10.7 Å². The molecular formula is C20H33F3N6S. The molecule has 1 aromatic heterocycles. The number of piperidine rings is 1. The van der Waals surface area contributed by atoms with E-state index in [1.54, 1.807) is 18.4 Å². The Morgan fingerprint density at radius 3 is 2.43 bits per heavy atom. The molecule has 2 aliphatic rings. The lowest BCUT2D eigenvalue weighted by molar-refractivity contribution is -0.181. The predicted octanol–water partition coefficient (Wildman–Crippen LogP) is 2.81. The molecule has 0 aliphatic carbocycles. The van der Waals surface area contributed by atoms with E-state index in [1.807, 2.05) is 6.92 Å². The van der Waals surface area contributed by atoms with Crippen LogP contribution in [0.4, 0.5) is 13.2 Å². The minimum atomic E-state index is -4.17. The number of piperazine rings is 1. The highest BCUT2D eigenvalue weighted by Crippen LogP contribution is 2.25. The molecule has 0 amide bonds. The topological polar surface area (TPSA) is 47.0 Å². The molecule has 2 fully saturated rings. The molecule has 0 radical (unpaired) electrons. The zero-order valence-corrected chi connectivity index (χ0v) is 18.9. The van der Waals surface area contributed by atoms with E-state index < -0.39 is 12.2 Å². The largest absolute Gasteiger partial charge is 0.403 e. The third-order valence-corrected chi connectivity index (χ3v) is 6.98. The van der Waals surface area contributed by atoms with Crippen LogP contribution in [0, 0.1) is 12.8 Å². The van der Waals surface area contributed by atoms with Gasteiger partial charge in [-0.3, -0.25) is 14.8 Å². The first-order valence-corrected chi connectivity index (χ1v) is 11.5. The number of hydrogen-bond acceptors (Lipinski definition) is 5. The maximum Gasteiger partial charge on any atom is 0.403 e. The van der Waals surface area contributed by atoms with Gasteiger partial charge in [-0.15, -0.1) is 11.3 Å². The molecule has 10 heteroatoms. The fourth-order valence-corrected chi connectivity index (χ4v) is 4.76. The molecule has 0 bridgehead atoms. The van der Waals surface area contributed by atoms with Crippen LogP contribution in [-0.4, -0.2) is 90.7 Å². The van der Waals surface area contributed by atoms with Crippen LogP contribution in [0.1, 0.15) is 30.5 Å². The lowest BCUT2D eigenvalue weighted by Crippen LogP contribution is -2.57. The fourth-order valence-electron chi connectivity index (χ4n) is 4.15. The number of aliphatic imine (C=N–C) groups is 1. The summed E-state index contributed by atoms with van der Waals surface area (Å²) in [5.74, 6) is 1.39. The maximum atomic E-state index is 12.9. The van der Waals surface area contributed by atoms with Crippen LogP contribution < -0.4 is 5.32 Å². The smallest absolute Gasteiger partial charge is 0.356 e. The molecule has 1 aromatic rings. The number of guanidine groups is 1. The van der Waals surface area contributed by atoms with Crippen molar-refractivity contribution in [3.63, 3.8) is 0 Å². The first kappa shape index (κ1) is 23.3. The molecule has 6 nitrogen and oxygen atoms in total. The molecule has 3 heterocycles. The summed E-state index contributed by atoms with van der Waals surface area (Å²) < 4.78 is 38.8. The minimum absolute atomic E-state index is 0.399. The lowest BCUT2D eigenvalue weighted by Gasteiger charge is -2.40. The molecule has 1 N–H and O–H groups in total. The van der Waals surface area contributed by atoms with Gasteiger partial charge in [-0.1, -0.05) is 0 Å². The molecule has 1 unspecified atom stereocenters. The van der Waals surface area contributed by atoms with Crippen LogP contribution in [0.3, 0.4) is 0 Å². The second-order valence-corrected chi connectivity index (χ2v) is 9.31.